The van der Waals surface area contributed by atoms with Gasteiger partial charge in [0.1, 0.15) is 0 Å². The standard InChI is InChI=1S/C9H21ClN2O3S/c1-9(13,8-12(2)3)7-11-16(14,15)6-4-5-10/h11,13H,4-8H2,1-3H3. The van der Waals surface area contributed by atoms with E-state index in [4.69, 9.17) is 11.6 Å². The minimum Gasteiger partial charge on any atom is -0.387 e. The third-order valence-corrected chi connectivity index (χ3v) is 3.55. The van der Waals surface area contributed by atoms with E-state index in [1.165, 1.54) is 0 Å². The van der Waals surface area contributed by atoms with Crippen molar-refractivity contribution in [3.63, 3.8) is 0 Å². The third kappa shape index (κ3) is 8.29. The fourth-order valence-electron chi connectivity index (χ4n) is 1.32. The zero-order valence-corrected chi connectivity index (χ0v) is 11.6. The molecule has 0 spiro atoms. The van der Waals surface area contributed by atoms with Crippen LogP contribution in [0.25, 0.3) is 0 Å². The molecule has 0 amide bonds. The van der Waals surface area contributed by atoms with Gasteiger partial charge < -0.3 is 10.0 Å². The van der Waals surface area contributed by atoms with Gasteiger partial charge in [-0.2, -0.15) is 0 Å². The summed E-state index contributed by atoms with van der Waals surface area (Å²) in [5, 5.41) is 9.88. The first-order valence-electron chi connectivity index (χ1n) is 5.09. The van der Waals surface area contributed by atoms with E-state index < -0.39 is 15.6 Å². The second-order valence-corrected chi connectivity index (χ2v) is 6.72. The number of nitrogens with one attached hydrogen (secondary N) is 1. The maximum atomic E-state index is 11.4. The van der Waals surface area contributed by atoms with Gasteiger partial charge >= 0.3 is 0 Å². The normalized spacial score (nSPS) is 16.4. The van der Waals surface area contributed by atoms with Crippen molar-refractivity contribution in [1.29, 1.82) is 0 Å². The predicted molar refractivity (Wildman–Crippen MR) is 66.3 cm³/mol. The Morgan fingerprint density at radius 3 is 2.44 bits per heavy atom. The quantitative estimate of drug-likeness (QED) is 0.603. The Morgan fingerprint density at radius 1 is 1.44 bits per heavy atom. The molecule has 0 bridgehead atoms. The molecule has 0 aliphatic rings. The van der Waals surface area contributed by atoms with Crippen LogP contribution in [-0.2, 0) is 10.0 Å². The lowest BCUT2D eigenvalue weighted by Crippen LogP contribution is -2.47. The van der Waals surface area contributed by atoms with Crippen molar-refractivity contribution >= 4 is 21.6 Å². The van der Waals surface area contributed by atoms with Gasteiger partial charge in [-0.3, -0.25) is 0 Å². The number of hydrogen-bond donors (Lipinski definition) is 2. The molecule has 0 aromatic rings. The lowest BCUT2D eigenvalue weighted by Gasteiger charge is -2.26. The topological polar surface area (TPSA) is 69.6 Å². The van der Waals surface area contributed by atoms with Gasteiger partial charge in [0.15, 0.2) is 0 Å². The van der Waals surface area contributed by atoms with Crippen molar-refractivity contribution in [1.82, 2.24) is 9.62 Å². The molecule has 0 fully saturated rings. The van der Waals surface area contributed by atoms with Crippen LogP contribution in [0.4, 0.5) is 0 Å². The zero-order chi connectivity index (χ0) is 12.8. The molecular formula is C9H21ClN2O3S. The highest BCUT2D eigenvalue weighted by molar-refractivity contribution is 7.89. The largest absolute Gasteiger partial charge is 0.387 e. The number of alkyl halides is 1. The van der Waals surface area contributed by atoms with Gasteiger partial charge in [0.05, 0.1) is 11.4 Å². The number of rotatable bonds is 8. The summed E-state index contributed by atoms with van der Waals surface area (Å²) < 4.78 is 25.2. The highest BCUT2D eigenvalue weighted by Crippen LogP contribution is 2.04. The van der Waals surface area contributed by atoms with Crippen LogP contribution in [0.15, 0.2) is 0 Å². The number of nitrogens with zero attached hydrogens (tertiary/aromatic N) is 1. The molecule has 0 radical (unpaired) electrons. The van der Waals surface area contributed by atoms with Crippen LogP contribution in [0.5, 0.6) is 0 Å². The Morgan fingerprint density at radius 2 is 2.00 bits per heavy atom. The molecular weight excluding hydrogens is 252 g/mol. The molecule has 0 aromatic carbocycles. The molecule has 0 aliphatic heterocycles. The minimum atomic E-state index is -3.33. The van der Waals surface area contributed by atoms with Crippen LogP contribution >= 0.6 is 11.6 Å². The van der Waals surface area contributed by atoms with E-state index in [2.05, 4.69) is 4.72 Å². The summed E-state index contributed by atoms with van der Waals surface area (Å²) in [6, 6.07) is 0. The van der Waals surface area contributed by atoms with Crippen LogP contribution in [0.3, 0.4) is 0 Å². The molecule has 0 aromatic heterocycles. The molecule has 7 heteroatoms. The highest BCUT2D eigenvalue weighted by Gasteiger charge is 2.23. The Kier molecular flexibility index (Phi) is 6.81. The molecule has 0 saturated heterocycles. The molecule has 0 saturated carbocycles. The van der Waals surface area contributed by atoms with Crippen LogP contribution < -0.4 is 4.72 Å². The smallest absolute Gasteiger partial charge is 0.211 e. The van der Waals surface area contributed by atoms with Crippen LogP contribution in [0, 0.1) is 0 Å². The van der Waals surface area contributed by atoms with Crippen molar-refractivity contribution < 1.29 is 13.5 Å². The van der Waals surface area contributed by atoms with Gasteiger partial charge in [-0.15, -0.1) is 11.6 Å². The summed E-state index contributed by atoms with van der Waals surface area (Å²) in [5.41, 5.74) is -1.07. The Labute approximate surface area is 103 Å². The van der Waals surface area contributed by atoms with E-state index in [1.807, 2.05) is 14.1 Å². The van der Waals surface area contributed by atoms with Crippen LogP contribution in [0.2, 0.25) is 0 Å². The average Bonchev–Trinajstić information content (AvgIpc) is 2.10. The first kappa shape index (κ1) is 16.1. The lowest BCUT2D eigenvalue weighted by molar-refractivity contribution is 0.0386. The van der Waals surface area contributed by atoms with Crippen molar-refractivity contribution in [2.45, 2.75) is 18.9 Å². The fourth-order valence-corrected chi connectivity index (χ4v) is 2.81. The van der Waals surface area contributed by atoms with Gasteiger partial charge in [0.2, 0.25) is 10.0 Å². The zero-order valence-electron chi connectivity index (χ0n) is 10.0. The first-order valence-corrected chi connectivity index (χ1v) is 7.28. The summed E-state index contributed by atoms with van der Waals surface area (Å²) in [4.78, 5) is 1.80. The van der Waals surface area contributed by atoms with Gasteiger partial charge in [-0.05, 0) is 27.4 Å². The number of likely N-dealkylation sites (N-methyl/N-ethyl adjacent to an activating group) is 1. The van der Waals surface area contributed by atoms with E-state index in [-0.39, 0.29) is 12.3 Å². The van der Waals surface area contributed by atoms with Gasteiger partial charge in [-0.25, -0.2) is 13.1 Å². The minimum absolute atomic E-state index is 0.00541. The highest BCUT2D eigenvalue weighted by atomic mass is 35.5. The van der Waals surface area contributed by atoms with Crippen molar-refractivity contribution in [3.8, 4) is 0 Å². The third-order valence-electron chi connectivity index (χ3n) is 1.88. The molecule has 16 heavy (non-hydrogen) atoms. The fraction of sp³-hybridized carbons (Fsp3) is 1.00. The van der Waals surface area contributed by atoms with E-state index >= 15 is 0 Å². The van der Waals surface area contributed by atoms with E-state index in [0.717, 1.165) is 0 Å². The molecule has 0 heterocycles. The Balaban J connectivity index is 4.12. The van der Waals surface area contributed by atoms with E-state index in [9.17, 15) is 13.5 Å². The number of sulfonamides is 1. The molecule has 98 valence electrons. The van der Waals surface area contributed by atoms with Gasteiger partial charge in [0, 0.05) is 19.0 Å². The van der Waals surface area contributed by atoms with Crippen molar-refractivity contribution in [3.05, 3.63) is 0 Å². The SMILES string of the molecule is CN(C)CC(C)(O)CNS(=O)(=O)CCCCl. The van der Waals surface area contributed by atoms with Crippen LogP contribution in [0.1, 0.15) is 13.3 Å². The van der Waals surface area contributed by atoms with E-state index in [1.54, 1.807) is 11.8 Å². The summed E-state index contributed by atoms with van der Waals surface area (Å²) in [6.07, 6.45) is 0.409. The summed E-state index contributed by atoms with van der Waals surface area (Å²) in [5.74, 6) is 0.309. The molecule has 1 unspecified atom stereocenters. The van der Waals surface area contributed by atoms with Gasteiger partial charge in [0.25, 0.3) is 0 Å². The second-order valence-electron chi connectivity index (χ2n) is 4.42. The van der Waals surface area contributed by atoms with Gasteiger partial charge in [-0.1, -0.05) is 0 Å². The molecule has 0 rings (SSSR count). The number of halogens is 1. The Bertz CT molecular complexity index is 291. The number of hydrogen-bond acceptors (Lipinski definition) is 4. The summed E-state index contributed by atoms with van der Waals surface area (Å²) in [6.45, 7) is 2.00. The molecule has 2 N–H and O–H groups in total. The van der Waals surface area contributed by atoms with Crippen LogP contribution in [-0.4, -0.2) is 62.8 Å². The van der Waals surface area contributed by atoms with E-state index in [0.29, 0.717) is 18.8 Å². The van der Waals surface area contributed by atoms with Crippen molar-refractivity contribution in [2.24, 2.45) is 0 Å². The average molecular weight is 273 g/mol. The second kappa shape index (κ2) is 6.76. The number of aliphatic hydroxyl groups is 1. The monoisotopic (exact) mass is 272 g/mol. The summed E-state index contributed by atoms with van der Waals surface area (Å²) >= 11 is 5.42. The van der Waals surface area contributed by atoms with Crippen molar-refractivity contribution in [2.75, 3.05) is 38.8 Å². The maximum absolute atomic E-state index is 11.4. The molecule has 1 atom stereocenters. The Hall–Kier alpha value is 0.120. The first-order chi connectivity index (χ1) is 7.18. The molecule has 5 nitrogen and oxygen atoms in total. The summed E-state index contributed by atoms with van der Waals surface area (Å²) in [7, 11) is 0.306. The lowest BCUT2D eigenvalue weighted by atomic mass is 10.1. The maximum Gasteiger partial charge on any atom is 0.211 e. The predicted octanol–water partition coefficient (Wildman–Crippen LogP) is -0.153. The molecule has 0 aliphatic carbocycles.